The molecule has 0 N–H and O–H groups in total. The minimum atomic E-state index is -0.847. The van der Waals surface area contributed by atoms with Crippen molar-refractivity contribution in [3.63, 3.8) is 0 Å². The van der Waals surface area contributed by atoms with Crippen LogP contribution in [0.1, 0.15) is 6.92 Å². The summed E-state index contributed by atoms with van der Waals surface area (Å²) < 4.78 is 0. The first-order chi connectivity index (χ1) is 3.18. The van der Waals surface area contributed by atoms with Crippen LogP contribution in [-0.4, -0.2) is 17.3 Å². The van der Waals surface area contributed by atoms with Crippen molar-refractivity contribution in [2.75, 3.05) is 0 Å². The molecule has 2 nitrogen and oxygen atoms in total. The van der Waals surface area contributed by atoms with Gasteiger partial charge < -0.3 is 0 Å². The van der Waals surface area contributed by atoms with Gasteiger partial charge in [-0.05, 0) is 6.92 Å². The van der Waals surface area contributed by atoms with Crippen molar-refractivity contribution in [2.45, 2.75) is 12.2 Å². The van der Waals surface area contributed by atoms with Crippen LogP contribution in [0.3, 0.4) is 0 Å². The van der Waals surface area contributed by atoms with Gasteiger partial charge in [0, 0.05) is 0 Å². The van der Waals surface area contributed by atoms with Gasteiger partial charge in [0.1, 0.15) is 11.0 Å². The van der Waals surface area contributed by atoms with Crippen LogP contribution in [-0.2, 0) is 9.59 Å². The van der Waals surface area contributed by atoms with Crippen molar-refractivity contribution >= 4 is 24.7 Å². The van der Waals surface area contributed by atoms with Crippen LogP contribution < -0.4 is 0 Å². The van der Waals surface area contributed by atoms with Crippen LogP contribution >= 0.6 is 12.6 Å². The van der Waals surface area contributed by atoms with Crippen molar-refractivity contribution in [1.29, 1.82) is 0 Å². The number of hydrogen-bond acceptors (Lipinski definition) is 3. The van der Waals surface area contributed by atoms with Gasteiger partial charge in [-0.15, -0.1) is 0 Å². The maximum absolute atomic E-state index is 10.0. The van der Waals surface area contributed by atoms with Crippen molar-refractivity contribution in [2.24, 2.45) is 0 Å². The van der Waals surface area contributed by atoms with Gasteiger partial charge in [-0.1, -0.05) is 0 Å². The largest absolute Gasteiger partial charge is 0.298 e. The highest BCUT2D eigenvalue weighted by molar-refractivity contribution is 7.82. The SMILES string of the molecule is CC(=O)[C@@H](S)[C]=O. The first-order valence-electron chi connectivity index (χ1n) is 1.74. The lowest BCUT2D eigenvalue weighted by Gasteiger charge is -1.87. The maximum atomic E-state index is 10.0. The number of ketones is 1. The van der Waals surface area contributed by atoms with Gasteiger partial charge >= 0.3 is 0 Å². The van der Waals surface area contributed by atoms with E-state index in [4.69, 9.17) is 0 Å². The normalized spacial score (nSPS) is 12.9. The molecular weight excluding hydrogens is 112 g/mol. The van der Waals surface area contributed by atoms with Gasteiger partial charge in [0.15, 0.2) is 0 Å². The second-order valence-electron chi connectivity index (χ2n) is 1.13. The first-order valence-corrected chi connectivity index (χ1v) is 2.26. The van der Waals surface area contributed by atoms with Gasteiger partial charge in [0.25, 0.3) is 0 Å². The summed E-state index contributed by atoms with van der Waals surface area (Å²) in [6.45, 7) is 1.29. The van der Waals surface area contributed by atoms with E-state index in [1.54, 1.807) is 0 Å². The molecule has 1 radical (unpaired) electrons. The number of hydrogen-bond donors (Lipinski definition) is 1. The quantitative estimate of drug-likeness (QED) is 0.407. The number of thiol groups is 1. The summed E-state index contributed by atoms with van der Waals surface area (Å²) in [6.07, 6.45) is 1.43. The summed E-state index contributed by atoms with van der Waals surface area (Å²) >= 11 is 3.55. The molecule has 0 bridgehead atoms. The van der Waals surface area contributed by atoms with Crippen molar-refractivity contribution in [3.8, 4) is 0 Å². The van der Waals surface area contributed by atoms with Crippen LogP contribution in [0.5, 0.6) is 0 Å². The fraction of sp³-hybridized carbons (Fsp3) is 0.500. The van der Waals surface area contributed by atoms with Crippen LogP contribution in [0, 0.1) is 0 Å². The lowest BCUT2D eigenvalue weighted by Crippen LogP contribution is -2.10. The zero-order valence-electron chi connectivity index (χ0n) is 3.84. The molecule has 0 aliphatic heterocycles. The summed E-state index contributed by atoms with van der Waals surface area (Å²) in [5.74, 6) is -0.265. The van der Waals surface area contributed by atoms with E-state index in [1.165, 1.54) is 13.2 Å². The summed E-state index contributed by atoms with van der Waals surface area (Å²) in [4.78, 5) is 19.6. The second-order valence-corrected chi connectivity index (χ2v) is 1.65. The number of carbonyl (C=O) groups is 1. The zero-order valence-corrected chi connectivity index (χ0v) is 4.74. The molecular formula is C4H5O2S. The Morgan fingerprint density at radius 2 is 2.29 bits per heavy atom. The molecule has 0 saturated carbocycles. The van der Waals surface area contributed by atoms with Crippen LogP contribution in [0.25, 0.3) is 0 Å². The third-order valence-electron chi connectivity index (χ3n) is 0.497. The van der Waals surface area contributed by atoms with E-state index < -0.39 is 5.25 Å². The van der Waals surface area contributed by atoms with E-state index in [-0.39, 0.29) is 5.78 Å². The monoisotopic (exact) mass is 117 g/mol. The Labute approximate surface area is 47.3 Å². The van der Waals surface area contributed by atoms with Crippen LogP contribution in [0.15, 0.2) is 0 Å². The highest BCUT2D eigenvalue weighted by atomic mass is 32.1. The van der Waals surface area contributed by atoms with Crippen molar-refractivity contribution in [1.82, 2.24) is 0 Å². The molecule has 0 aliphatic carbocycles. The average Bonchev–Trinajstić information content (AvgIpc) is 1.65. The van der Waals surface area contributed by atoms with E-state index in [0.717, 1.165) is 0 Å². The number of rotatable bonds is 2. The molecule has 0 saturated heterocycles. The Hall–Kier alpha value is -0.310. The Kier molecular flexibility index (Phi) is 2.67. The van der Waals surface area contributed by atoms with Crippen molar-refractivity contribution in [3.05, 3.63) is 0 Å². The average molecular weight is 117 g/mol. The highest BCUT2D eigenvalue weighted by Crippen LogP contribution is 1.88. The minimum Gasteiger partial charge on any atom is -0.298 e. The fourth-order valence-corrected chi connectivity index (χ4v) is 0.0830. The molecule has 0 spiro atoms. The molecule has 0 aromatic carbocycles. The number of carbonyl (C=O) groups excluding carboxylic acids is 2. The Morgan fingerprint density at radius 1 is 1.86 bits per heavy atom. The third-order valence-corrected chi connectivity index (χ3v) is 0.966. The first kappa shape index (κ1) is 6.69. The molecule has 7 heavy (non-hydrogen) atoms. The predicted molar refractivity (Wildman–Crippen MR) is 29.1 cm³/mol. The van der Waals surface area contributed by atoms with Crippen LogP contribution in [0.4, 0.5) is 0 Å². The van der Waals surface area contributed by atoms with Crippen LogP contribution in [0.2, 0.25) is 0 Å². The van der Waals surface area contributed by atoms with Gasteiger partial charge in [0.2, 0.25) is 6.29 Å². The standard InChI is InChI=1S/C4H5O2S/c1-3(6)4(7)2-5/h4,7H,1H3/t4-/m0/s1. The van der Waals surface area contributed by atoms with Gasteiger partial charge in [-0.3, -0.25) is 9.59 Å². The Morgan fingerprint density at radius 3 is 2.29 bits per heavy atom. The Bertz CT molecular complexity index is 89.7. The fourth-order valence-electron chi connectivity index (χ4n) is 0.0830. The molecule has 3 heteroatoms. The minimum absolute atomic E-state index is 0.265. The molecule has 39 valence electrons. The van der Waals surface area contributed by atoms with E-state index >= 15 is 0 Å². The number of Topliss-reactive ketones (excluding diaryl/α,β-unsaturated/α-hetero) is 1. The highest BCUT2D eigenvalue weighted by Gasteiger charge is 2.04. The molecule has 0 fully saturated rings. The smallest absolute Gasteiger partial charge is 0.220 e. The van der Waals surface area contributed by atoms with E-state index in [2.05, 4.69) is 12.6 Å². The zero-order chi connectivity index (χ0) is 5.86. The van der Waals surface area contributed by atoms with E-state index in [0.29, 0.717) is 0 Å². The predicted octanol–water partition coefficient (Wildman–Crippen LogP) is -0.0165. The third kappa shape index (κ3) is 2.39. The second kappa shape index (κ2) is 2.80. The summed E-state index contributed by atoms with van der Waals surface area (Å²) in [6, 6.07) is 0. The molecule has 0 aliphatic rings. The Balaban J connectivity index is 3.55. The molecule has 0 amide bonds. The summed E-state index contributed by atoms with van der Waals surface area (Å²) in [7, 11) is 0. The lowest BCUT2D eigenvalue weighted by molar-refractivity contribution is -0.115. The summed E-state index contributed by atoms with van der Waals surface area (Å²) in [5.41, 5.74) is 0. The molecule has 0 aromatic rings. The van der Waals surface area contributed by atoms with E-state index in [9.17, 15) is 9.59 Å². The van der Waals surface area contributed by atoms with Crippen molar-refractivity contribution < 1.29 is 9.59 Å². The van der Waals surface area contributed by atoms with E-state index in [1.807, 2.05) is 0 Å². The van der Waals surface area contributed by atoms with Gasteiger partial charge in [-0.2, -0.15) is 12.6 Å². The maximum Gasteiger partial charge on any atom is 0.220 e. The van der Waals surface area contributed by atoms with Gasteiger partial charge in [-0.25, -0.2) is 0 Å². The molecule has 1 atom stereocenters. The topological polar surface area (TPSA) is 34.1 Å². The summed E-state index contributed by atoms with van der Waals surface area (Å²) in [5, 5.41) is -0.847. The molecule has 0 aromatic heterocycles. The van der Waals surface area contributed by atoms with Gasteiger partial charge in [0.05, 0.1) is 0 Å². The molecule has 0 heterocycles. The molecule has 0 rings (SSSR count). The lowest BCUT2D eigenvalue weighted by atomic mass is 10.3. The molecule has 0 unspecified atom stereocenters.